The second-order valence-corrected chi connectivity index (χ2v) is 10.9. The molecule has 2 amide bonds. The van der Waals surface area contributed by atoms with E-state index >= 15 is 0 Å². The van der Waals surface area contributed by atoms with Gasteiger partial charge in [0.25, 0.3) is 5.91 Å². The average Bonchev–Trinajstić information content (AvgIpc) is 3.37. The first-order valence-electron chi connectivity index (χ1n) is 10.1. The monoisotopic (exact) mass is 447 g/mol. The highest BCUT2D eigenvalue weighted by Gasteiger charge is 2.47. The maximum atomic E-state index is 13.3. The number of nitrogens with one attached hydrogen (secondary N) is 1. The second-order valence-electron chi connectivity index (χ2n) is 7.93. The Morgan fingerprint density at radius 1 is 1.10 bits per heavy atom. The van der Waals surface area contributed by atoms with Crippen LogP contribution in [0.25, 0.3) is 0 Å². The fourth-order valence-corrected chi connectivity index (χ4v) is 6.33. The highest BCUT2D eigenvalue weighted by molar-refractivity contribution is 7.91. The van der Waals surface area contributed by atoms with Crippen molar-refractivity contribution in [3.63, 3.8) is 0 Å². The minimum absolute atomic E-state index is 0.0690. The molecular weight excluding hydrogens is 422 g/mol. The smallest absolute Gasteiger partial charge is 0.254 e. The topological polar surface area (TPSA) is 110 Å². The van der Waals surface area contributed by atoms with Crippen molar-refractivity contribution in [1.82, 2.24) is 10.2 Å². The molecule has 1 aromatic heterocycles. The molecule has 3 unspecified atom stereocenters. The van der Waals surface area contributed by atoms with Gasteiger partial charge in [-0.2, -0.15) is 0 Å². The number of likely N-dealkylation sites (tertiary alicyclic amines) is 1. The lowest BCUT2D eigenvalue weighted by atomic mass is 9.84. The molecular formula is C21H25N3O4S2. The SMILES string of the molecule is NS(=O)(=O)c1ccc(CNC(=O)C2CC3CCCCC3N2C(=O)c2ccccc2)s1. The van der Waals surface area contributed by atoms with E-state index < -0.39 is 16.1 Å². The van der Waals surface area contributed by atoms with Gasteiger partial charge in [0.1, 0.15) is 10.3 Å². The molecule has 2 heterocycles. The van der Waals surface area contributed by atoms with Crippen molar-refractivity contribution in [1.29, 1.82) is 0 Å². The van der Waals surface area contributed by atoms with E-state index in [0.717, 1.165) is 37.0 Å². The maximum Gasteiger partial charge on any atom is 0.254 e. The van der Waals surface area contributed by atoms with Gasteiger partial charge in [0.15, 0.2) is 0 Å². The molecule has 7 nitrogen and oxygen atoms in total. The number of carbonyl (C=O) groups is 2. The molecule has 30 heavy (non-hydrogen) atoms. The summed E-state index contributed by atoms with van der Waals surface area (Å²) in [6, 6.07) is 11.8. The summed E-state index contributed by atoms with van der Waals surface area (Å²) in [4.78, 5) is 28.8. The lowest BCUT2D eigenvalue weighted by Crippen LogP contribution is -2.49. The van der Waals surface area contributed by atoms with Crippen LogP contribution in [-0.4, -0.2) is 37.2 Å². The van der Waals surface area contributed by atoms with Crippen LogP contribution in [0.15, 0.2) is 46.7 Å². The Morgan fingerprint density at radius 3 is 2.53 bits per heavy atom. The van der Waals surface area contributed by atoms with E-state index in [2.05, 4.69) is 5.32 Å². The molecule has 9 heteroatoms. The summed E-state index contributed by atoms with van der Waals surface area (Å²) in [5.41, 5.74) is 0.595. The zero-order valence-electron chi connectivity index (χ0n) is 16.5. The molecule has 3 atom stereocenters. The van der Waals surface area contributed by atoms with Crippen LogP contribution in [0.3, 0.4) is 0 Å². The van der Waals surface area contributed by atoms with Crippen LogP contribution in [0.2, 0.25) is 0 Å². The van der Waals surface area contributed by atoms with E-state index in [9.17, 15) is 18.0 Å². The van der Waals surface area contributed by atoms with Crippen molar-refractivity contribution in [2.45, 2.75) is 54.9 Å². The highest BCUT2D eigenvalue weighted by Crippen LogP contribution is 2.40. The average molecular weight is 448 g/mol. The summed E-state index contributed by atoms with van der Waals surface area (Å²) in [5, 5.41) is 8.04. The molecule has 2 aromatic rings. The Balaban J connectivity index is 1.51. The fraction of sp³-hybridized carbons (Fsp3) is 0.429. The summed E-state index contributed by atoms with van der Waals surface area (Å²) in [5.74, 6) is 0.0508. The van der Waals surface area contributed by atoms with Gasteiger partial charge in [0.05, 0.1) is 6.54 Å². The molecule has 4 rings (SSSR count). The number of benzene rings is 1. The molecule has 1 aromatic carbocycles. The summed E-state index contributed by atoms with van der Waals surface area (Å²) in [7, 11) is -3.75. The van der Waals surface area contributed by atoms with E-state index in [4.69, 9.17) is 5.14 Å². The third kappa shape index (κ3) is 4.28. The number of fused-ring (bicyclic) bond motifs is 1. The van der Waals surface area contributed by atoms with Crippen LogP contribution in [0.1, 0.15) is 47.3 Å². The van der Waals surface area contributed by atoms with Gasteiger partial charge >= 0.3 is 0 Å². The van der Waals surface area contributed by atoms with Gasteiger partial charge < -0.3 is 10.2 Å². The van der Waals surface area contributed by atoms with Gasteiger partial charge in [-0.3, -0.25) is 9.59 Å². The number of nitrogens with zero attached hydrogens (tertiary/aromatic N) is 1. The molecule has 2 fully saturated rings. The van der Waals surface area contributed by atoms with E-state index in [0.29, 0.717) is 22.8 Å². The van der Waals surface area contributed by atoms with Gasteiger partial charge in [0.2, 0.25) is 15.9 Å². The zero-order chi connectivity index (χ0) is 21.3. The number of primary sulfonamides is 1. The van der Waals surface area contributed by atoms with Crippen molar-refractivity contribution in [2.75, 3.05) is 0 Å². The molecule has 1 aliphatic heterocycles. The molecule has 160 valence electrons. The molecule has 2 aliphatic rings. The minimum atomic E-state index is -3.75. The quantitative estimate of drug-likeness (QED) is 0.734. The first kappa shape index (κ1) is 21.0. The number of sulfonamides is 1. The van der Waals surface area contributed by atoms with Crippen LogP contribution >= 0.6 is 11.3 Å². The largest absolute Gasteiger partial charge is 0.349 e. The van der Waals surface area contributed by atoms with Crippen molar-refractivity contribution < 1.29 is 18.0 Å². The number of nitrogens with two attached hydrogens (primary N) is 1. The highest BCUT2D eigenvalue weighted by atomic mass is 32.2. The molecule has 1 saturated heterocycles. The maximum absolute atomic E-state index is 13.3. The number of carbonyl (C=O) groups excluding carboxylic acids is 2. The summed E-state index contributed by atoms with van der Waals surface area (Å²) in [6.45, 7) is 0.207. The first-order chi connectivity index (χ1) is 14.3. The normalized spacial score (nSPS) is 23.8. The van der Waals surface area contributed by atoms with Crippen LogP contribution < -0.4 is 10.5 Å². The predicted octanol–water partition coefficient (Wildman–Crippen LogP) is 2.49. The van der Waals surface area contributed by atoms with Crippen LogP contribution in [0.4, 0.5) is 0 Å². The van der Waals surface area contributed by atoms with Crippen molar-refractivity contribution in [3.8, 4) is 0 Å². The third-order valence-corrected chi connectivity index (χ3v) is 8.52. The standard InChI is InChI=1S/C21H25N3O4S2/c22-30(27,28)19-11-10-16(29-19)13-23-20(25)18-12-15-8-4-5-9-17(15)24(18)21(26)14-6-2-1-3-7-14/h1-3,6-7,10-11,15,17-18H,4-5,8-9,12-13H2,(H,23,25)(H2,22,27,28). The molecule has 0 bridgehead atoms. The second kappa shape index (κ2) is 8.49. The minimum Gasteiger partial charge on any atom is -0.349 e. The van der Waals surface area contributed by atoms with Crippen LogP contribution in [0.5, 0.6) is 0 Å². The van der Waals surface area contributed by atoms with Crippen molar-refractivity contribution >= 4 is 33.2 Å². The lowest BCUT2D eigenvalue weighted by molar-refractivity contribution is -0.125. The predicted molar refractivity (Wildman–Crippen MR) is 114 cm³/mol. The molecule has 1 saturated carbocycles. The number of hydrogen-bond donors (Lipinski definition) is 2. The Kier molecular flexibility index (Phi) is 5.95. The third-order valence-electron chi connectivity index (χ3n) is 6.00. The Hall–Kier alpha value is -2.23. The van der Waals surface area contributed by atoms with Gasteiger partial charge in [0, 0.05) is 16.5 Å². The van der Waals surface area contributed by atoms with E-state index in [-0.39, 0.29) is 28.6 Å². The Labute approximate surface area is 180 Å². The van der Waals surface area contributed by atoms with Crippen molar-refractivity contribution in [3.05, 3.63) is 52.9 Å². The molecule has 0 radical (unpaired) electrons. The molecule has 0 spiro atoms. The Bertz CT molecular complexity index is 1040. The van der Waals surface area contributed by atoms with E-state index in [1.54, 1.807) is 23.1 Å². The van der Waals surface area contributed by atoms with Gasteiger partial charge in [-0.25, -0.2) is 13.6 Å². The fourth-order valence-electron chi connectivity index (χ4n) is 4.61. The number of rotatable bonds is 5. The first-order valence-corrected chi connectivity index (χ1v) is 12.5. The van der Waals surface area contributed by atoms with E-state index in [1.807, 2.05) is 18.2 Å². The van der Waals surface area contributed by atoms with Crippen molar-refractivity contribution in [2.24, 2.45) is 11.1 Å². The van der Waals surface area contributed by atoms with Gasteiger partial charge in [-0.05, 0) is 49.4 Å². The summed E-state index contributed by atoms with van der Waals surface area (Å²) < 4.78 is 23.0. The van der Waals surface area contributed by atoms with Crippen LogP contribution in [-0.2, 0) is 21.4 Å². The molecule has 1 aliphatic carbocycles. The van der Waals surface area contributed by atoms with E-state index in [1.165, 1.54) is 6.07 Å². The molecule has 3 N–H and O–H groups in total. The van der Waals surface area contributed by atoms with Gasteiger partial charge in [-0.15, -0.1) is 11.3 Å². The number of hydrogen-bond acceptors (Lipinski definition) is 5. The summed E-state index contributed by atoms with van der Waals surface area (Å²) in [6.07, 6.45) is 4.83. The lowest BCUT2D eigenvalue weighted by Gasteiger charge is -2.33. The van der Waals surface area contributed by atoms with Gasteiger partial charge in [-0.1, -0.05) is 31.0 Å². The van der Waals surface area contributed by atoms with Crippen LogP contribution in [0, 0.1) is 5.92 Å². The zero-order valence-corrected chi connectivity index (χ0v) is 18.1. The summed E-state index contributed by atoms with van der Waals surface area (Å²) >= 11 is 1.04. The Morgan fingerprint density at radius 2 is 1.83 bits per heavy atom. The number of amides is 2. The number of thiophene rings is 1.